The van der Waals surface area contributed by atoms with Gasteiger partial charge in [-0.1, -0.05) is 55.8 Å². The van der Waals surface area contributed by atoms with Crippen molar-refractivity contribution in [1.82, 2.24) is 40.1 Å². The van der Waals surface area contributed by atoms with Crippen molar-refractivity contribution in [2.45, 2.75) is 39.0 Å². The van der Waals surface area contributed by atoms with E-state index in [1.807, 2.05) is 30.3 Å². The van der Waals surface area contributed by atoms with Crippen LogP contribution in [0.4, 0.5) is 0 Å². The molecule has 10 nitrogen and oxygen atoms in total. The molecule has 0 unspecified atom stereocenters. The smallest absolute Gasteiger partial charge is 0.201 e. The summed E-state index contributed by atoms with van der Waals surface area (Å²) in [5.74, 6) is 1.60. The first kappa shape index (κ1) is 27.4. The van der Waals surface area contributed by atoms with Gasteiger partial charge in [0.05, 0.1) is 6.54 Å². The Bertz CT molecular complexity index is 1770. The van der Waals surface area contributed by atoms with Crippen molar-refractivity contribution < 1.29 is 9.47 Å². The molecule has 6 rings (SSSR count). The highest BCUT2D eigenvalue weighted by Crippen LogP contribution is 2.34. The number of fused-ring (bicyclic) bond motifs is 1. The average Bonchev–Trinajstić information content (AvgIpc) is 3.70. The van der Waals surface area contributed by atoms with Gasteiger partial charge in [0.25, 0.3) is 0 Å². The van der Waals surface area contributed by atoms with Crippen LogP contribution in [0.2, 0.25) is 0 Å². The normalized spacial score (nSPS) is 11.5. The number of unbranched alkanes of at least 4 members (excludes halogenated alkanes) is 1. The predicted molar refractivity (Wildman–Crippen MR) is 160 cm³/mol. The van der Waals surface area contributed by atoms with E-state index in [0.717, 1.165) is 69.6 Å². The maximum absolute atomic E-state index is 5.69. The second-order valence-electron chi connectivity index (χ2n) is 10.0. The summed E-state index contributed by atoms with van der Waals surface area (Å²) in [6, 6.07) is 22.6. The van der Waals surface area contributed by atoms with Crippen molar-refractivity contribution in [3.63, 3.8) is 0 Å². The Balaban J connectivity index is 1.50. The minimum absolute atomic E-state index is 0.574. The molecule has 0 radical (unpaired) electrons. The van der Waals surface area contributed by atoms with Crippen molar-refractivity contribution in [2.75, 3.05) is 14.2 Å². The highest BCUT2D eigenvalue weighted by Gasteiger charge is 2.23. The van der Waals surface area contributed by atoms with Gasteiger partial charge in [-0.2, -0.15) is 0 Å². The van der Waals surface area contributed by atoms with Crippen molar-refractivity contribution in [2.24, 2.45) is 0 Å². The summed E-state index contributed by atoms with van der Waals surface area (Å²) in [6.45, 7) is 2.76. The van der Waals surface area contributed by atoms with Crippen LogP contribution in [0.15, 0.2) is 79.1 Å². The minimum atomic E-state index is -0.643. The zero-order valence-electron chi connectivity index (χ0n) is 23.9. The van der Waals surface area contributed by atoms with Gasteiger partial charge >= 0.3 is 0 Å². The third kappa shape index (κ3) is 5.41. The SMILES string of the molecule is CCCCc1nc2cc(-c3ccncc3)c(C(OC)OC)nc2n1Cc1ccc(-c2ccccc2)c(-c2nnn[nH]2)c1. The fraction of sp³-hybridized carbons (Fsp3) is 0.250. The largest absolute Gasteiger partial charge is 0.350 e. The van der Waals surface area contributed by atoms with E-state index in [9.17, 15) is 0 Å². The third-order valence-electron chi connectivity index (χ3n) is 7.34. The summed E-state index contributed by atoms with van der Waals surface area (Å²) in [7, 11) is 3.24. The van der Waals surface area contributed by atoms with E-state index in [1.54, 1.807) is 26.6 Å². The van der Waals surface area contributed by atoms with E-state index >= 15 is 0 Å². The Morgan fingerprint density at radius 2 is 1.64 bits per heavy atom. The van der Waals surface area contributed by atoms with Gasteiger partial charge in [0, 0.05) is 44.2 Å². The molecule has 4 heterocycles. The molecule has 2 aromatic carbocycles. The van der Waals surface area contributed by atoms with Crippen LogP contribution in [-0.4, -0.2) is 54.4 Å². The number of aromatic nitrogens is 8. The Hall–Kier alpha value is -4.80. The zero-order valence-corrected chi connectivity index (χ0v) is 23.9. The number of hydrogen-bond acceptors (Lipinski definition) is 8. The number of tetrazole rings is 1. The summed E-state index contributed by atoms with van der Waals surface area (Å²) in [6.07, 6.45) is 5.82. The molecule has 1 N–H and O–H groups in total. The number of benzene rings is 2. The van der Waals surface area contributed by atoms with Crippen molar-refractivity contribution in [3.8, 4) is 33.6 Å². The highest BCUT2D eigenvalue weighted by molar-refractivity contribution is 5.82. The lowest BCUT2D eigenvalue weighted by atomic mass is 9.97. The maximum atomic E-state index is 5.69. The molecule has 0 aliphatic rings. The van der Waals surface area contributed by atoms with Gasteiger partial charge in [-0.25, -0.2) is 15.1 Å². The summed E-state index contributed by atoms with van der Waals surface area (Å²) >= 11 is 0. The quantitative estimate of drug-likeness (QED) is 0.191. The predicted octanol–water partition coefficient (Wildman–Crippen LogP) is 6.02. The molecule has 0 aliphatic carbocycles. The molecule has 212 valence electrons. The first-order chi connectivity index (χ1) is 20.7. The molecule has 0 amide bonds. The molecule has 4 aromatic heterocycles. The van der Waals surface area contributed by atoms with Gasteiger partial charge in [-0.15, -0.1) is 5.10 Å². The van der Waals surface area contributed by atoms with Crippen LogP contribution in [-0.2, 0) is 22.4 Å². The number of nitrogens with one attached hydrogen (secondary N) is 1. The lowest BCUT2D eigenvalue weighted by molar-refractivity contribution is -0.108. The summed E-state index contributed by atoms with van der Waals surface area (Å²) in [4.78, 5) is 14.4. The molecule has 42 heavy (non-hydrogen) atoms. The van der Waals surface area contributed by atoms with E-state index in [4.69, 9.17) is 19.4 Å². The van der Waals surface area contributed by atoms with Gasteiger partial charge in [0.2, 0.25) is 6.29 Å². The number of aromatic amines is 1. The number of imidazole rings is 1. The van der Waals surface area contributed by atoms with Crippen molar-refractivity contribution >= 4 is 11.2 Å². The van der Waals surface area contributed by atoms with Crippen LogP contribution in [0.3, 0.4) is 0 Å². The monoisotopic (exact) mass is 560 g/mol. The van der Waals surface area contributed by atoms with E-state index in [0.29, 0.717) is 18.1 Å². The minimum Gasteiger partial charge on any atom is -0.350 e. The van der Waals surface area contributed by atoms with Crippen molar-refractivity contribution in [1.29, 1.82) is 0 Å². The number of pyridine rings is 2. The van der Waals surface area contributed by atoms with Crippen molar-refractivity contribution in [3.05, 3.63) is 96.2 Å². The molecule has 0 aliphatic heterocycles. The average molecular weight is 561 g/mol. The fourth-order valence-corrected chi connectivity index (χ4v) is 5.27. The standard InChI is InChI=1S/C32H32N8O2/c1-4-5-11-28-34-27-19-25(23-14-16-33-17-15-23)29(32(41-2)42-3)35-31(27)40(28)20-21-12-13-24(22-9-7-6-8-10-22)26(18-21)30-36-38-39-37-30/h6-10,12-19,32H,4-5,11,20H2,1-3H3,(H,36,37,38,39). The molecule has 10 heteroatoms. The molecule has 0 spiro atoms. The van der Waals surface area contributed by atoms with E-state index in [-0.39, 0.29) is 0 Å². The van der Waals surface area contributed by atoms with E-state index in [1.165, 1.54) is 0 Å². The number of H-pyrrole nitrogens is 1. The van der Waals surface area contributed by atoms with Crippen LogP contribution >= 0.6 is 0 Å². The van der Waals surface area contributed by atoms with Crippen LogP contribution in [0.5, 0.6) is 0 Å². The lowest BCUT2D eigenvalue weighted by Crippen LogP contribution is -2.11. The van der Waals surface area contributed by atoms with Gasteiger partial charge in [-0.3, -0.25) is 4.98 Å². The number of hydrogen-bond donors (Lipinski definition) is 1. The maximum Gasteiger partial charge on any atom is 0.201 e. The van der Waals surface area contributed by atoms with Gasteiger partial charge in [-0.05, 0) is 63.4 Å². The number of rotatable bonds is 11. The molecule has 0 bridgehead atoms. The Kier molecular flexibility index (Phi) is 8.07. The number of nitrogens with zero attached hydrogens (tertiary/aromatic N) is 7. The van der Waals surface area contributed by atoms with Crippen LogP contribution < -0.4 is 0 Å². The van der Waals surface area contributed by atoms with Gasteiger partial charge < -0.3 is 14.0 Å². The Morgan fingerprint density at radius 3 is 2.36 bits per heavy atom. The number of ether oxygens (including phenoxy) is 2. The van der Waals surface area contributed by atoms with E-state index < -0.39 is 6.29 Å². The number of aryl methyl sites for hydroxylation is 1. The molecule has 6 aromatic rings. The third-order valence-corrected chi connectivity index (χ3v) is 7.34. The fourth-order valence-electron chi connectivity index (χ4n) is 5.27. The van der Waals surface area contributed by atoms with Gasteiger partial charge in [0.15, 0.2) is 11.5 Å². The molecular weight excluding hydrogens is 528 g/mol. The number of methoxy groups -OCH3 is 2. The van der Waals surface area contributed by atoms with Crippen LogP contribution in [0.25, 0.3) is 44.8 Å². The summed E-state index contributed by atoms with van der Waals surface area (Å²) < 4.78 is 13.6. The van der Waals surface area contributed by atoms with Crippen LogP contribution in [0.1, 0.15) is 43.1 Å². The second-order valence-corrected chi connectivity index (χ2v) is 10.0. The molecular formula is C32H32N8O2. The Labute approximate surface area is 243 Å². The molecule has 0 fully saturated rings. The molecule has 0 saturated heterocycles. The Morgan fingerprint density at radius 1 is 0.857 bits per heavy atom. The topological polar surface area (TPSA) is 117 Å². The van der Waals surface area contributed by atoms with E-state index in [2.05, 4.69) is 73.5 Å². The second kappa shape index (κ2) is 12.4. The first-order valence-corrected chi connectivity index (χ1v) is 14.0. The first-order valence-electron chi connectivity index (χ1n) is 14.0. The molecule has 0 saturated carbocycles. The van der Waals surface area contributed by atoms with Crippen LogP contribution in [0, 0.1) is 0 Å². The summed E-state index contributed by atoms with van der Waals surface area (Å²) in [5.41, 5.74) is 8.31. The van der Waals surface area contributed by atoms with Gasteiger partial charge in [0.1, 0.15) is 17.0 Å². The highest BCUT2D eigenvalue weighted by atomic mass is 16.7. The summed E-state index contributed by atoms with van der Waals surface area (Å²) in [5, 5.41) is 14.8. The zero-order chi connectivity index (χ0) is 28.9. The molecule has 0 atom stereocenters. The lowest BCUT2D eigenvalue weighted by Gasteiger charge is -2.18.